The van der Waals surface area contributed by atoms with Crippen molar-refractivity contribution in [3.8, 4) is 0 Å². The van der Waals surface area contributed by atoms with Crippen molar-refractivity contribution < 1.29 is 5.11 Å². The summed E-state index contributed by atoms with van der Waals surface area (Å²) in [5.74, 6) is 0. The van der Waals surface area contributed by atoms with Crippen LogP contribution in [0.2, 0.25) is 0 Å². The predicted octanol–water partition coefficient (Wildman–Crippen LogP) is 2.90. The van der Waals surface area contributed by atoms with Crippen LogP contribution in [0.3, 0.4) is 0 Å². The minimum Gasteiger partial charge on any atom is -0.392 e. The zero-order chi connectivity index (χ0) is 14.7. The van der Waals surface area contributed by atoms with E-state index in [1.807, 2.05) is 19.2 Å². The minimum absolute atomic E-state index is 0.0963. The molecule has 0 aliphatic rings. The van der Waals surface area contributed by atoms with Crippen LogP contribution in [0.25, 0.3) is 10.9 Å². The van der Waals surface area contributed by atoms with E-state index in [9.17, 15) is 0 Å². The predicted molar refractivity (Wildman–Crippen MR) is 86.2 cm³/mol. The van der Waals surface area contributed by atoms with Gasteiger partial charge in [-0.2, -0.15) is 0 Å². The van der Waals surface area contributed by atoms with Gasteiger partial charge >= 0.3 is 0 Å². The summed E-state index contributed by atoms with van der Waals surface area (Å²) in [5, 5.41) is 13.6. The lowest BCUT2D eigenvalue weighted by Crippen LogP contribution is -2.07. The third-order valence-corrected chi connectivity index (χ3v) is 3.80. The van der Waals surface area contributed by atoms with Crippen molar-refractivity contribution in [2.75, 3.05) is 7.05 Å². The fourth-order valence-corrected chi connectivity index (χ4v) is 2.75. The van der Waals surface area contributed by atoms with E-state index >= 15 is 0 Å². The van der Waals surface area contributed by atoms with Crippen LogP contribution < -0.4 is 5.32 Å². The van der Waals surface area contributed by atoms with Gasteiger partial charge in [0.05, 0.1) is 12.1 Å². The fraction of sp³-hybridized carbons (Fsp3) is 0.222. The Labute approximate surface area is 124 Å². The largest absolute Gasteiger partial charge is 0.392 e. The van der Waals surface area contributed by atoms with Crippen molar-refractivity contribution in [2.24, 2.45) is 0 Å². The van der Waals surface area contributed by atoms with Crippen molar-refractivity contribution in [2.45, 2.75) is 19.7 Å². The van der Waals surface area contributed by atoms with E-state index < -0.39 is 0 Å². The van der Waals surface area contributed by atoms with Crippen molar-refractivity contribution in [1.29, 1.82) is 0 Å². The van der Waals surface area contributed by atoms with Gasteiger partial charge in [-0.3, -0.25) is 0 Å². The highest BCUT2D eigenvalue weighted by Crippen LogP contribution is 2.21. The summed E-state index contributed by atoms with van der Waals surface area (Å²) in [5.41, 5.74) is 4.79. The van der Waals surface area contributed by atoms with E-state index in [1.54, 1.807) is 0 Å². The molecule has 2 N–H and O–H groups in total. The van der Waals surface area contributed by atoms with Crippen LogP contribution in [0, 0.1) is 0 Å². The number of para-hydroxylation sites is 1. The lowest BCUT2D eigenvalue weighted by molar-refractivity contribution is 0.282. The average molecular weight is 280 g/mol. The Hall–Kier alpha value is -2.10. The molecule has 0 fully saturated rings. The SMILES string of the molecule is CNCc1cccc2ccn(Cc3ccc(CO)cc3)c12. The summed E-state index contributed by atoms with van der Waals surface area (Å²) in [4.78, 5) is 0. The van der Waals surface area contributed by atoms with Gasteiger partial charge in [-0.15, -0.1) is 0 Å². The van der Waals surface area contributed by atoms with Crippen molar-refractivity contribution in [3.05, 3.63) is 71.4 Å². The topological polar surface area (TPSA) is 37.2 Å². The molecule has 3 nitrogen and oxygen atoms in total. The molecule has 1 heterocycles. The Morgan fingerprint density at radius 1 is 1.00 bits per heavy atom. The van der Waals surface area contributed by atoms with Crippen molar-refractivity contribution >= 4 is 10.9 Å². The molecule has 0 aliphatic carbocycles. The molecule has 0 atom stereocenters. The first-order chi connectivity index (χ1) is 10.3. The Bertz CT molecular complexity index is 729. The molecule has 0 amide bonds. The summed E-state index contributed by atoms with van der Waals surface area (Å²) >= 11 is 0. The first-order valence-corrected chi connectivity index (χ1v) is 7.22. The summed E-state index contributed by atoms with van der Waals surface area (Å²) in [6.07, 6.45) is 2.14. The van der Waals surface area contributed by atoms with Gasteiger partial charge in [0.2, 0.25) is 0 Å². The maximum absolute atomic E-state index is 9.11. The number of aliphatic hydroxyl groups excluding tert-OH is 1. The number of aliphatic hydroxyl groups is 1. The molecular formula is C18H20N2O. The number of benzene rings is 2. The van der Waals surface area contributed by atoms with Crippen LogP contribution in [0.15, 0.2) is 54.7 Å². The van der Waals surface area contributed by atoms with Crippen molar-refractivity contribution in [1.82, 2.24) is 9.88 Å². The third-order valence-electron chi connectivity index (χ3n) is 3.80. The monoisotopic (exact) mass is 280 g/mol. The standard InChI is InChI=1S/C18H20N2O/c1-19-11-17-4-2-3-16-9-10-20(18(16)17)12-14-5-7-15(13-21)8-6-14/h2-10,19,21H,11-13H2,1H3. The quantitative estimate of drug-likeness (QED) is 0.754. The number of nitrogens with one attached hydrogen (secondary N) is 1. The third kappa shape index (κ3) is 2.84. The molecule has 0 unspecified atom stereocenters. The van der Waals surface area contributed by atoms with Crippen LogP contribution in [-0.4, -0.2) is 16.7 Å². The molecule has 0 aliphatic heterocycles. The van der Waals surface area contributed by atoms with Crippen LogP contribution >= 0.6 is 0 Å². The molecule has 3 heteroatoms. The Morgan fingerprint density at radius 2 is 1.76 bits per heavy atom. The maximum atomic E-state index is 9.11. The highest BCUT2D eigenvalue weighted by atomic mass is 16.3. The lowest BCUT2D eigenvalue weighted by atomic mass is 10.1. The number of rotatable bonds is 5. The molecule has 0 bridgehead atoms. The van der Waals surface area contributed by atoms with E-state index in [1.165, 1.54) is 22.0 Å². The van der Waals surface area contributed by atoms with Gasteiger partial charge in [-0.1, -0.05) is 42.5 Å². The van der Waals surface area contributed by atoms with Crippen LogP contribution in [0.1, 0.15) is 16.7 Å². The second-order valence-electron chi connectivity index (χ2n) is 5.30. The molecule has 0 spiro atoms. The van der Waals surface area contributed by atoms with E-state index in [-0.39, 0.29) is 6.61 Å². The molecule has 1 aromatic heterocycles. The molecule has 21 heavy (non-hydrogen) atoms. The van der Waals surface area contributed by atoms with E-state index in [0.717, 1.165) is 18.7 Å². The Kier molecular flexibility index (Phi) is 4.04. The second kappa shape index (κ2) is 6.12. The highest BCUT2D eigenvalue weighted by Gasteiger charge is 2.06. The van der Waals surface area contributed by atoms with Gasteiger partial charge in [-0.05, 0) is 35.2 Å². The summed E-state index contributed by atoms with van der Waals surface area (Å²) in [7, 11) is 1.97. The Morgan fingerprint density at radius 3 is 2.48 bits per heavy atom. The number of aromatic nitrogens is 1. The summed E-state index contributed by atoms with van der Waals surface area (Å²) < 4.78 is 2.29. The zero-order valence-corrected chi connectivity index (χ0v) is 12.2. The van der Waals surface area contributed by atoms with Gasteiger partial charge in [-0.25, -0.2) is 0 Å². The fourth-order valence-electron chi connectivity index (χ4n) is 2.75. The first-order valence-electron chi connectivity index (χ1n) is 7.22. The molecule has 108 valence electrons. The number of nitrogens with zero attached hydrogens (tertiary/aromatic N) is 1. The van der Waals surface area contributed by atoms with Crippen LogP contribution in [0.4, 0.5) is 0 Å². The zero-order valence-electron chi connectivity index (χ0n) is 12.2. The lowest BCUT2D eigenvalue weighted by Gasteiger charge is -2.10. The number of hydrogen-bond donors (Lipinski definition) is 2. The average Bonchev–Trinajstić information content (AvgIpc) is 2.93. The normalized spacial score (nSPS) is 11.1. The van der Waals surface area contributed by atoms with Gasteiger partial charge in [0.25, 0.3) is 0 Å². The van der Waals surface area contributed by atoms with E-state index in [0.29, 0.717) is 0 Å². The van der Waals surface area contributed by atoms with Gasteiger partial charge in [0.1, 0.15) is 0 Å². The Balaban J connectivity index is 1.96. The first kappa shape index (κ1) is 13.9. The minimum atomic E-state index is 0.0963. The smallest absolute Gasteiger partial charge is 0.0681 e. The van der Waals surface area contributed by atoms with Gasteiger partial charge in [0.15, 0.2) is 0 Å². The summed E-state index contributed by atoms with van der Waals surface area (Å²) in [6, 6.07) is 16.7. The van der Waals surface area contributed by atoms with E-state index in [2.05, 4.69) is 52.5 Å². The molecule has 3 aromatic rings. The molecule has 0 saturated carbocycles. The van der Waals surface area contributed by atoms with Gasteiger partial charge < -0.3 is 15.0 Å². The maximum Gasteiger partial charge on any atom is 0.0681 e. The number of hydrogen-bond acceptors (Lipinski definition) is 2. The molecule has 3 rings (SSSR count). The van der Waals surface area contributed by atoms with E-state index in [4.69, 9.17) is 5.11 Å². The van der Waals surface area contributed by atoms with Crippen molar-refractivity contribution in [3.63, 3.8) is 0 Å². The highest BCUT2D eigenvalue weighted by molar-refractivity contribution is 5.83. The molecule has 2 aromatic carbocycles. The number of fused-ring (bicyclic) bond motifs is 1. The van der Waals surface area contributed by atoms with Gasteiger partial charge in [0, 0.05) is 19.3 Å². The summed E-state index contributed by atoms with van der Waals surface area (Å²) in [6.45, 7) is 1.81. The molecular weight excluding hydrogens is 260 g/mol. The molecule has 0 radical (unpaired) electrons. The van der Waals surface area contributed by atoms with Crippen LogP contribution in [-0.2, 0) is 19.7 Å². The molecule has 0 saturated heterocycles. The van der Waals surface area contributed by atoms with Crippen LogP contribution in [0.5, 0.6) is 0 Å². The second-order valence-corrected chi connectivity index (χ2v) is 5.30.